The molecule has 4 rings (SSSR count). The summed E-state index contributed by atoms with van der Waals surface area (Å²) in [5, 5.41) is 12.3. The molecule has 0 unspecified atom stereocenters. The zero-order chi connectivity index (χ0) is 15.8. The van der Waals surface area contributed by atoms with Gasteiger partial charge in [-0.3, -0.25) is 0 Å². The van der Waals surface area contributed by atoms with Crippen molar-refractivity contribution in [1.82, 2.24) is 29.2 Å². The first-order valence-electron chi connectivity index (χ1n) is 7.60. The summed E-state index contributed by atoms with van der Waals surface area (Å²) < 4.78 is 3.59. The van der Waals surface area contributed by atoms with E-state index in [4.69, 9.17) is 0 Å². The molecular weight excluding hydrogens is 290 g/mol. The fourth-order valence-corrected chi connectivity index (χ4v) is 2.45. The van der Waals surface area contributed by atoms with Crippen LogP contribution in [0.1, 0.15) is 13.8 Å². The van der Waals surface area contributed by atoms with Gasteiger partial charge in [-0.05, 0) is 24.1 Å². The number of rotatable bonds is 4. The summed E-state index contributed by atoms with van der Waals surface area (Å²) in [5.41, 5.74) is 3.61. The van der Waals surface area contributed by atoms with Crippen LogP contribution in [-0.4, -0.2) is 35.7 Å². The van der Waals surface area contributed by atoms with Gasteiger partial charge in [-0.25, -0.2) is 19.0 Å². The average molecular weight is 307 g/mol. The lowest BCUT2D eigenvalue weighted by molar-refractivity contribution is 0.681. The summed E-state index contributed by atoms with van der Waals surface area (Å²) in [4.78, 5) is 8.61. The van der Waals surface area contributed by atoms with E-state index in [-0.39, 0.29) is 0 Å². The van der Waals surface area contributed by atoms with Crippen LogP contribution in [-0.2, 0) is 0 Å². The smallest absolute Gasteiger partial charge is 0.241 e. The van der Waals surface area contributed by atoms with Crippen molar-refractivity contribution < 1.29 is 0 Å². The van der Waals surface area contributed by atoms with Crippen LogP contribution in [0.5, 0.6) is 0 Å². The van der Waals surface area contributed by atoms with Gasteiger partial charge in [0, 0.05) is 30.7 Å². The normalized spacial score (nSPS) is 11.6. The summed E-state index contributed by atoms with van der Waals surface area (Å²) >= 11 is 0. The minimum atomic E-state index is 0.542. The monoisotopic (exact) mass is 307 g/mol. The van der Waals surface area contributed by atoms with Gasteiger partial charge in [-0.15, -0.1) is 5.10 Å². The van der Waals surface area contributed by atoms with Crippen molar-refractivity contribution in [2.24, 2.45) is 5.92 Å². The maximum atomic E-state index is 4.58. The minimum Gasteiger partial charge on any atom is -0.353 e. The van der Waals surface area contributed by atoms with Gasteiger partial charge in [-0.1, -0.05) is 13.8 Å². The maximum absolute atomic E-state index is 4.58. The molecule has 4 aromatic rings. The van der Waals surface area contributed by atoms with Crippen molar-refractivity contribution >= 4 is 17.1 Å². The molecule has 7 nitrogen and oxygen atoms in total. The van der Waals surface area contributed by atoms with Gasteiger partial charge in [0.05, 0.1) is 17.4 Å². The average Bonchev–Trinajstić information content (AvgIpc) is 3.18. The number of nitrogens with one attached hydrogen (secondary N) is 1. The minimum absolute atomic E-state index is 0.542. The maximum Gasteiger partial charge on any atom is 0.241 e. The second-order valence-electron chi connectivity index (χ2n) is 5.86. The first-order chi connectivity index (χ1) is 11.2. The topological polar surface area (TPSA) is 72.4 Å². The van der Waals surface area contributed by atoms with Crippen LogP contribution in [0.25, 0.3) is 22.4 Å². The number of hydrogen-bond acceptors (Lipinski definition) is 5. The van der Waals surface area contributed by atoms with Crippen LogP contribution < -0.4 is 5.32 Å². The van der Waals surface area contributed by atoms with Crippen LogP contribution >= 0.6 is 0 Å². The van der Waals surface area contributed by atoms with Crippen LogP contribution in [0.15, 0.2) is 43.0 Å². The van der Waals surface area contributed by atoms with Crippen molar-refractivity contribution in [3.05, 3.63) is 43.0 Å². The highest BCUT2D eigenvalue weighted by molar-refractivity contribution is 5.78. The Morgan fingerprint density at radius 3 is 2.83 bits per heavy atom. The Kier molecular flexibility index (Phi) is 3.18. The summed E-state index contributed by atoms with van der Waals surface area (Å²) in [6.07, 6.45) is 7.32. The molecule has 7 heteroatoms. The van der Waals surface area contributed by atoms with Gasteiger partial charge < -0.3 is 5.32 Å². The predicted octanol–water partition coefficient (Wildman–Crippen LogP) is 2.51. The zero-order valence-corrected chi connectivity index (χ0v) is 13.0. The third kappa shape index (κ3) is 2.50. The van der Waals surface area contributed by atoms with Crippen molar-refractivity contribution in [1.29, 1.82) is 0 Å². The highest BCUT2D eigenvalue weighted by Crippen LogP contribution is 2.23. The van der Waals surface area contributed by atoms with Crippen LogP contribution in [0, 0.1) is 5.92 Å². The van der Waals surface area contributed by atoms with Crippen molar-refractivity contribution in [3.8, 4) is 11.3 Å². The zero-order valence-electron chi connectivity index (χ0n) is 13.0. The summed E-state index contributed by atoms with van der Waals surface area (Å²) in [6, 6.07) is 5.91. The Morgan fingerprint density at radius 1 is 1.04 bits per heavy atom. The molecule has 0 saturated carbocycles. The quantitative estimate of drug-likeness (QED) is 0.627. The second-order valence-corrected chi connectivity index (χ2v) is 5.86. The summed E-state index contributed by atoms with van der Waals surface area (Å²) in [5.74, 6) is 1.17. The first-order valence-corrected chi connectivity index (χ1v) is 7.60. The Morgan fingerprint density at radius 2 is 1.96 bits per heavy atom. The Hall–Kier alpha value is -2.96. The molecular formula is C16H17N7. The van der Waals surface area contributed by atoms with Crippen molar-refractivity contribution in [3.63, 3.8) is 0 Å². The van der Waals surface area contributed by atoms with Crippen LogP contribution in [0.4, 0.5) is 5.95 Å². The number of aromatic nitrogens is 6. The molecule has 0 aromatic carbocycles. The lowest BCUT2D eigenvalue weighted by atomic mass is 10.2. The fourth-order valence-electron chi connectivity index (χ4n) is 2.45. The van der Waals surface area contributed by atoms with E-state index in [1.807, 2.05) is 41.3 Å². The highest BCUT2D eigenvalue weighted by atomic mass is 15.3. The van der Waals surface area contributed by atoms with E-state index in [0.29, 0.717) is 11.9 Å². The first kappa shape index (κ1) is 13.7. The SMILES string of the molecule is CC(C)CNc1ncc2c(-c3ccc4nccn4n3)ccn2n1. The Bertz CT molecular complexity index is 967. The predicted molar refractivity (Wildman–Crippen MR) is 88.3 cm³/mol. The molecule has 0 atom stereocenters. The van der Waals surface area contributed by atoms with Crippen molar-refractivity contribution in [2.45, 2.75) is 13.8 Å². The molecule has 0 saturated heterocycles. The van der Waals surface area contributed by atoms with E-state index in [1.165, 1.54) is 0 Å². The number of nitrogens with zero attached hydrogens (tertiary/aromatic N) is 6. The molecule has 116 valence electrons. The van der Waals surface area contributed by atoms with Gasteiger partial charge in [0.2, 0.25) is 5.95 Å². The van der Waals surface area contributed by atoms with E-state index in [9.17, 15) is 0 Å². The number of fused-ring (bicyclic) bond motifs is 2. The molecule has 0 radical (unpaired) electrons. The summed E-state index contributed by atoms with van der Waals surface area (Å²) in [6.45, 7) is 5.15. The molecule has 0 aliphatic rings. The number of anilines is 1. The largest absolute Gasteiger partial charge is 0.353 e. The van der Waals surface area contributed by atoms with Gasteiger partial charge >= 0.3 is 0 Å². The van der Waals surface area contributed by atoms with Gasteiger partial charge in [0.1, 0.15) is 0 Å². The van der Waals surface area contributed by atoms with Crippen LogP contribution in [0.3, 0.4) is 0 Å². The number of imidazole rings is 1. The molecule has 1 N–H and O–H groups in total. The second kappa shape index (κ2) is 5.35. The van der Waals surface area contributed by atoms with E-state index < -0.39 is 0 Å². The van der Waals surface area contributed by atoms with Gasteiger partial charge in [0.25, 0.3) is 0 Å². The van der Waals surface area contributed by atoms with Crippen molar-refractivity contribution in [2.75, 3.05) is 11.9 Å². The van der Waals surface area contributed by atoms with E-state index >= 15 is 0 Å². The van der Waals surface area contributed by atoms with Gasteiger partial charge in [0.15, 0.2) is 5.65 Å². The molecule has 0 aliphatic carbocycles. The van der Waals surface area contributed by atoms with Gasteiger partial charge in [-0.2, -0.15) is 5.10 Å². The number of hydrogen-bond donors (Lipinski definition) is 1. The van der Waals surface area contributed by atoms with Crippen LogP contribution in [0.2, 0.25) is 0 Å². The molecule has 0 fully saturated rings. The molecule has 23 heavy (non-hydrogen) atoms. The lowest BCUT2D eigenvalue weighted by Crippen LogP contribution is -2.11. The third-order valence-corrected chi connectivity index (χ3v) is 3.62. The Labute approximate surface area is 133 Å². The molecule has 4 heterocycles. The molecule has 0 spiro atoms. The fraction of sp³-hybridized carbons (Fsp3) is 0.250. The van der Waals surface area contributed by atoms with E-state index in [1.54, 1.807) is 10.7 Å². The summed E-state index contributed by atoms with van der Waals surface area (Å²) in [7, 11) is 0. The molecule has 0 aliphatic heterocycles. The molecule has 4 aromatic heterocycles. The highest BCUT2D eigenvalue weighted by Gasteiger charge is 2.10. The van der Waals surface area contributed by atoms with E-state index in [0.717, 1.165) is 29.0 Å². The lowest BCUT2D eigenvalue weighted by Gasteiger charge is -2.07. The Balaban J connectivity index is 1.72. The third-order valence-electron chi connectivity index (χ3n) is 3.62. The molecule has 0 amide bonds. The van der Waals surface area contributed by atoms with E-state index in [2.05, 4.69) is 39.3 Å². The standard InChI is InChI=1S/C16H17N7/c1-11(2)9-18-16-19-10-14-12(5-7-22(14)21-16)13-3-4-15-17-6-8-23(15)20-13/h3-8,10-11H,9H2,1-2H3,(H,18,21). The molecule has 0 bridgehead atoms.